The van der Waals surface area contributed by atoms with Crippen LogP contribution in [0.25, 0.3) is 0 Å². The highest BCUT2D eigenvalue weighted by Gasteiger charge is 2.66. The van der Waals surface area contributed by atoms with Gasteiger partial charge in [0.1, 0.15) is 11.2 Å². The number of nitrogens with one attached hydrogen (secondary N) is 1. The number of phosphoric acid groups is 3. The van der Waals surface area contributed by atoms with Gasteiger partial charge < -0.3 is 34.5 Å². The van der Waals surface area contributed by atoms with Crippen LogP contribution in [0.4, 0.5) is 8.78 Å². The lowest BCUT2D eigenvalue weighted by molar-refractivity contribution is -0.205. The standard InChI is InChI=1S/C11H13F2N2O14P3S/c1-2-10(18)7(16)11(13,27-8(10)15-3-5(12)6(33)14-9(15)17)4-26-31(22,23)29-32(24,25)28-30(19,20)21/h1,3,7-8,16,18H,4H2,(H,22,23)(H,24,25)(H,14,17,33)(H2,19,20,21)/t7?,8-,10-,11-/m1/s1. The van der Waals surface area contributed by atoms with Crippen LogP contribution in [0.1, 0.15) is 6.23 Å². The highest BCUT2D eigenvalue weighted by molar-refractivity contribution is 7.71. The van der Waals surface area contributed by atoms with Crippen LogP contribution in [0, 0.1) is 22.8 Å². The molecule has 3 unspecified atom stereocenters. The van der Waals surface area contributed by atoms with E-state index in [1.54, 1.807) is 4.98 Å². The molecule has 186 valence electrons. The number of alkyl halides is 1. The van der Waals surface area contributed by atoms with Crippen molar-refractivity contribution in [2.24, 2.45) is 0 Å². The largest absolute Gasteiger partial charge is 0.490 e. The number of terminal acetylenes is 1. The van der Waals surface area contributed by atoms with E-state index in [0.717, 1.165) is 0 Å². The van der Waals surface area contributed by atoms with Crippen molar-refractivity contribution in [3.05, 3.63) is 27.1 Å². The summed E-state index contributed by atoms with van der Waals surface area (Å²) in [6.07, 6.45) is 0.185. The van der Waals surface area contributed by atoms with Crippen LogP contribution >= 0.6 is 35.7 Å². The van der Waals surface area contributed by atoms with Gasteiger partial charge in [-0.25, -0.2) is 27.3 Å². The molecule has 0 saturated carbocycles. The molecule has 0 radical (unpaired) electrons. The summed E-state index contributed by atoms with van der Waals surface area (Å²) in [6, 6.07) is 0. The van der Waals surface area contributed by atoms with Gasteiger partial charge in [-0.2, -0.15) is 8.62 Å². The van der Waals surface area contributed by atoms with Gasteiger partial charge in [0.25, 0.3) is 5.85 Å². The van der Waals surface area contributed by atoms with E-state index < -0.39 is 70.0 Å². The second kappa shape index (κ2) is 9.11. The van der Waals surface area contributed by atoms with Gasteiger partial charge in [-0.15, -0.1) is 6.42 Å². The first-order valence-electron chi connectivity index (χ1n) is 7.79. The topological polar surface area (TPSA) is 247 Å². The minimum absolute atomic E-state index is 0.167. The minimum Gasteiger partial charge on any atom is -0.383 e. The molecule has 0 aromatic carbocycles. The molecule has 7 N–H and O–H groups in total. The van der Waals surface area contributed by atoms with E-state index in [1.807, 2.05) is 0 Å². The Morgan fingerprint density at radius 1 is 1.27 bits per heavy atom. The highest BCUT2D eigenvalue weighted by atomic mass is 32.1. The van der Waals surface area contributed by atoms with E-state index in [9.17, 15) is 38.0 Å². The number of hydrogen-bond donors (Lipinski definition) is 7. The van der Waals surface area contributed by atoms with Crippen LogP contribution in [0.3, 0.4) is 0 Å². The number of H-pyrrole nitrogens is 1. The predicted molar refractivity (Wildman–Crippen MR) is 99.4 cm³/mol. The number of ether oxygens (including phenoxy) is 1. The molecule has 1 aliphatic heterocycles. The van der Waals surface area contributed by atoms with E-state index in [2.05, 4.69) is 30.1 Å². The second-order valence-corrected chi connectivity index (χ2v) is 11.0. The number of rotatable bonds is 8. The zero-order valence-electron chi connectivity index (χ0n) is 15.4. The van der Waals surface area contributed by atoms with Crippen LogP contribution in [-0.4, -0.2) is 63.5 Å². The molecule has 0 aliphatic carbocycles. The lowest BCUT2D eigenvalue weighted by Gasteiger charge is -2.26. The molecule has 0 spiro atoms. The summed E-state index contributed by atoms with van der Waals surface area (Å²) < 4.78 is 77.6. The molecule has 1 aromatic heterocycles. The van der Waals surface area contributed by atoms with Gasteiger partial charge in [-0.3, -0.25) is 14.1 Å². The van der Waals surface area contributed by atoms with E-state index in [0.29, 0.717) is 6.20 Å². The normalized spacial score (nSPS) is 31.5. The number of phosphoric ester groups is 1. The Balaban J connectivity index is 2.32. The summed E-state index contributed by atoms with van der Waals surface area (Å²) in [6.45, 7) is -1.90. The number of halogens is 2. The lowest BCUT2D eigenvalue weighted by Crippen LogP contribution is -2.51. The minimum atomic E-state index is -5.95. The van der Waals surface area contributed by atoms with Crippen molar-refractivity contribution < 1.29 is 70.1 Å². The average molecular weight is 560 g/mol. The fourth-order valence-corrected chi connectivity index (χ4v) is 5.62. The molecular formula is C11H13F2N2O14P3S. The van der Waals surface area contributed by atoms with Crippen molar-refractivity contribution >= 4 is 35.7 Å². The Bertz CT molecular complexity index is 1240. The maximum absolute atomic E-state index is 15.2. The number of aromatic amines is 1. The van der Waals surface area contributed by atoms with Gasteiger partial charge in [0.15, 0.2) is 18.1 Å². The molecule has 0 bridgehead atoms. The van der Waals surface area contributed by atoms with Crippen LogP contribution in [-0.2, 0) is 31.6 Å². The average Bonchev–Trinajstić information content (AvgIpc) is 2.82. The number of aliphatic hydroxyl groups is 2. The molecule has 1 aliphatic rings. The Morgan fingerprint density at radius 3 is 2.36 bits per heavy atom. The van der Waals surface area contributed by atoms with Crippen LogP contribution in [0.2, 0.25) is 0 Å². The molecule has 2 heterocycles. The second-order valence-electron chi connectivity index (χ2n) is 6.14. The summed E-state index contributed by atoms with van der Waals surface area (Å²) in [7, 11) is -17.5. The van der Waals surface area contributed by atoms with Crippen molar-refractivity contribution in [1.29, 1.82) is 0 Å². The van der Waals surface area contributed by atoms with E-state index >= 15 is 4.39 Å². The SMILES string of the molecule is C#C[C@@]1(O)C(O)[C@@](F)(COP(=O)(O)OP(=O)(O)OP(=O)(O)O)O[C@H]1n1cc(F)c(=S)[nH]c1=O. The fraction of sp³-hybridized carbons (Fsp3) is 0.455. The highest BCUT2D eigenvalue weighted by Crippen LogP contribution is 2.66. The number of nitrogens with zero attached hydrogens (tertiary/aromatic N) is 1. The van der Waals surface area contributed by atoms with Gasteiger partial charge in [0.2, 0.25) is 5.60 Å². The maximum Gasteiger partial charge on any atom is 0.490 e. The number of aliphatic hydroxyl groups excluding tert-OH is 1. The third-order valence-corrected chi connectivity index (χ3v) is 7.84. The molecule has 0 amide bonds. The predicted octanol–water partition coefficient (Wildman–Crippen LogP) is -0.692. The zero-order chi connectivity index (χ0) is 25.6. The van der Waals surface area contributed by atoms with Crippen molar-refractivity contribution in [1.82, 2.24) is 9.55 Å². The lowest BCUT2D eigenvalue weighted by atomic mass is 9.94. The summed E-state index contributed by atoms with van der Waals surface area (Å²) in [5, 5.41) is 20.6. The van der Waals surface area contributed by atoms with Gasteiger partial charge >= 0.3 is 29.2 Å². The van der Waals surface area contributed by atoms with Crippen molar-refractivity contribution in [2.45, 2.75) is 23.8 Å². The van der Waals surface area contributed by atoms with Crippen molar-refractivity contribution in [3.8, 4) is 12.3 Å². The summed E-state index contributed by atoms with van der Waals surface area (Å²) in [5.74, 6) is -3.48. The Kier molecular flexibility index (Phi) is 7.75. The fourth-order valence-electron chi connectivity index (χ4n) is 2.44. The smallest absolute Gasteiger partial charge is 0.383 e. The third kappa shape index (κ3) is 6.28. The molecule has 1 saturated heterocycles. The third-order valence-electron chi connectivity index (χ3n) is 3.76. The molecular weight excluding hydrogens is 547 g/mol. The van der Waals surface area contributed by atoms with Gasteiger partial charge in [-0.05, 0) is 0 Å². The van der Waals surface area contributed by atoms with Crippen molar-refractivity contribution in [2.75, 3.05) is 6.61 Å². The number of hydrogen-bond acceptors (Lipinski definition) is 11. The molecule has 6 atom stereocenters. The Hall–Kier alpha value is -1.19. The molecule has 16 nitrogen and oxygen atoms in total. The zero-order valence-corrected chi connectivity index (χ0v) is 18.9. The molecule has 1 fully saturated rings. The first-order chi connectivity index (χ1) is 14.8. The van der Waals surface area contributed by atoms with Crippen LogP contribution in [0.15, 0.2) is 11.0 Å². The first kappa shape index (κ1) is 28.1. The van der Waals surface area contributed by atoms with Crippen molar-refractivity contribution in [3.63, 3.8) is 0 Å². The quantitative estimate of drug-likeness (QED) is 0.118. The van der Waals surface area contributed by atoms with Crippen LogP contribution < -0.4 is 5.69 Å². The summed E-state index contributed by atoms with van der Waals surface area (Å²) in [4.78, 5) is 49.2. The van der Waals surface area contributed by atoms with E-state index in [1.165, 1.54) is 5.92 Å². The summed E-state index contributed by atoms with van der Waals surface area (Å²) in [5.41, 5.74) is -4.41. The molecule has 1 aromatic rings. The Morgan fingerprint density at radius 2 is 1.85 bits per heavy atom. The molecule has 33 heavy (non-hydrogen) atoms. The van der Waals surface area contributed by atoms with E-state index in [4.69, 9.17) is 21.1 Å². The van der Waals surface area contributed by atoms with E-state index in [-0.39, 0.29) is 4.57 Å². The maximum atomic E-state index is 15.2. The molecule has 2 rings (SSSR count). The Labute approximate surface area is 185 Å². The molecule has 22 heteroatoms. The summed E-state index contributed by atoms with van der Waals surface area (Å²) >= 11 is 4.48. The first-order valence-corrected chi connectivity index (χ1v) is 12.7. The van der Waals surface area contributed by atoms with Crippen LogP contribution in [0.5, 0.6) is 0 Å². The van der Waals surface area contributed by atoms with Gasteiger partial charge in [-0.1, -0.05) is 18.1 Å². The monoisotopic (exact) mass is 560 g/mol. The number of aromatic nitrogens is 2. The van der Waals surface area contributed by atoms with Gasteiger partial charge in [0.05, 0.1) is 6.20 Å². The van der Waals surface area contributed by atoms with Gasteiger partial charge in [0, 0.05) is 0 Å².